The van der Waals surface area contributed by atoms with Gasteiger partial charge in [0.05, 0.1) is 6.42 Å². The number of hydrogen-bond donors (Lipinski definition) is 0. The summed E-state index contributed by atoms with van der Waals surface area (Å²) in [7, 11) is 1.86. The molecular formula is C17H21BrN2O. The molecule has 0 aliphatic carbocycles. The van der Waals surface area contributed by atoms with Crippen molar-refractivity contribution in [2.75, 3.05) is 7.05 Å². The molecule has 112 valence electrons. The van der Waals surface area contributed by atoms with E-state index >= 15 is 0 Å². The van der Waals surface area contributed by atoms with Gasteiger partial charge in [0, 0.05) is 25.7 Å². The third kappa shape index (κ3) is 5.68. The Morgan fingerprint density at radius 2 is 1.71 bits per heavy atom. The van der Waals surface area contributed by atoms with Crippen LogP contribution in [-0.2, 0) is 17.9 Å². The number of aromatic nitrogens is 1. The lowest BCUT2D eigenvalue weighted by Crippen LogP contribution is -3.00. The highest BCUT2D eigenvalue weighted by atomic mass is 79.9. The topological polar surface area (TPSA) is 24.2 Å². The van der Waals surface area contributed by atoms with Crippen LogP contribution in [0.5, 0.6) is 0 Å². The van der Waals surface area contributed by atoms with Gasteiger partial charge >= 0.3 is 0 Å². The van der Waals surface area contributed by atoms with Crippen molar-refractivity contribution in [1.82, 2.24) is 4.90 Å². The SMILES string of the molecule is Cc1cc[n+](CCC(=O)N(C)Cc2ccccc2)cc1.[Br-]. The van der Waals surface area contributed by atoms with Crippen LogP contribution in [-0.4, -0.2) is 17.9 Å². The van der Waals surface area contributed by atoms with Crippen LogP contribution >= 0.6 is 0 Å². The zero-order valence-corrected chi connectivity index (χ0v) is 14.1. The van der Waals surface area contributed by atoms with Crippen LogP contribution in [0.1, 0.15) is 17.5 Å². The van der Waals surface area contributed by atoms with Gasteiger partial charge in [-0.15, -0.1) is 0 Å². The predicted octanol–water partition coefficient (Wildman–Crippen LogP) is -0.665. The smallest absolute Gasteiger partial charge is 0.228 e. The van der Waals surface area contributed by atoms with Gasteiger partial charge in [-0.3, -0.25) is 4.79 Å². The van der Waals surface area contributed by atoms with Crippen molar-refractivity contribution in [2.45, 2.75) is 26.4 Å². The maximum Gasteiger partial charge on any atom is 0.228 e. The maximum absolute atomic E-state index is 12.1. The quantitative estimate of drug-likeness (QED) is 0.658. The standard InChI is InChI=1S/C17H21N2O.BrH/c1-15-8-11-19(12-9-15)13-10-17(20)18(2)14-16-6-4-3-5-7-16;/h3-9,11-12H,10,13-14H2,1-2H3;1H/q+1;/p-1. The van der Waals surface area contributed by atoms with Crippen LogP contribution in [0.3, 0.4) is 0 Å². The molecule has 3 nitrogen and oxygen atoms in total. The van der Waals surface area contributed by atoms with Crippen molar-refractivity contribution >= 4 is 5.91 Å². The number of hydrogen-bond acceptors (Lipinski definition) is 1. The minimum Gasteiger partial charge on any atom is -1.00 e. The van der Waals surface area contributed by atoms with Gasteiger partial charge in [-0.1, -0.05) is 30.3 Å². The van der Waals surface area contributed by atoms with E-state index < -0.39 is 0 Å². The lowest BCUT2D eigenvalue weighted by Gasteiger charge is -2.16. The van der Waals surface area contributed by atoms with Gasteiger partial charge in [-0.2, -0.15) is 0 Å². The molecule has 2 aromatic rings. The Balaban J connectivity index is 0.00000220. The molecule has 0 fully saturated rings. The van der Waals surface area contributed by atoms with Crippen molar-refractivity contribution in [3.05, 3.63) is 66.0 Å². The summed E-state index contributed by atoms with van der Waals surface area (Å²) in [5.74, 6) is 0.168. The minimum absolute atomic E-state index is 0. The van der Waals surface area contributed by atoms with Crippen LogP contribution in [0.2, 0.25) is 0 Å². The summed E-state index contributed by atoms with van der Waals surface area (Å²) < 4.78 is 2.04. The molecule has 21 heavy (non-hydrogen) atoms. The van der Waals surface area contributed by atoms with Gasteiger partial charge in [0.1, 0.15) is 0 Å². The molecule has 0 saturated heterocycles. The molecule has 0 N–H and O–H groups in total. The van der Waals surface area contributed by atoms with Gasteiger partial charge in [-0.05, 0) is 18.1 Å². The van der Waals surface area contributed by atoms with Gasteiger partial charge in [0.25, 0.3) is 0 Å². The summed E-state index contributed by atoms with van der Waals surface area (Å²) in [5, 5.41) is 0. The molecule has 0 aliphatic heterocycles. The Morgan fingerprint density at radius 3 is 2.33 bits per heavy atom. The van der Waals surface area contributed by atoms with Crippen LogP contribution in [0.4, 0.5) is 0 Å². The number of carbonyl (C=O) groups is 1. The molecule has 0 saturated carbocycles. The van der Waals surface area contributed by atoms with Crippen molar-refractivity contribution in [2.24, 2.45) is 0 Å². The fourth-order valence-electron chi connectivity index (χ4n) is 2.04. The molecule has 0 unspecified atom stereocenters. The number of amides is 1. The third-order valence-corrected chi connectivity index (χ3v) is 3.33. The second kappa shape index (κ2) is 8.57. The van der Waals surface area contributed by atoms with Gasteiger partial charge < -0.3 is 21.9 Å². The van der Waals surface area contributed by atoms with E-state index in [-0.39, 0.29) is 22.9 Å². The highest BCUT2D eigenvalue weighted by molar-refractivity contribution is 5.75. The molecule has 0 bridgehead atoms. The Labute approximate surface area is 137 Å². The summed E-state index contributed by atoms with van der Waals surface area (Å²) in [6.45, 7) is 3.44. The highest BCUT2D eigenvalue weighted by Gasteiger charge is 2.11. The third-order valence-electron chi connectivity index (χ3n) is 3.33. The van der Waals surface area contributed by atoms with Crippen LogP contribution in [0, 0.1) is 6.92 Å². The van der Waals surface area contributed by atoms with Crippen LogP contribution < -0.4 is 21.5 Å². The molecule has 0 atom stereocenters. The lowest BCUT2D eigenvalue weighted by molar-refractivity contribution is -0.696. The summed E-state index contributed by atoms with van der Waals surface area (Å²) in [4.78, 5) is 13.9. The first kappa shape index (κ1) is 17.4. The largest absolute Gasteiger partial charge is 1.00 e. The van der Waals surface area contributed by atoms with E-state index in [4.69, 9.17) is 0 Å². The number of carbonyl (C=O) groups excluding carboxylic acids is 1. The molecule has 4 heteroatoms. The van der Waals surface area contributed by atoms with E-state index in [1.807, 2.05) is 54.3 Å². The van der Waals surface area contributed by atoms with Crippen LogP contribution in [0.25, 0.3) is 0 Å². The van der Waals surface area contributed by atoms with Crippen molar-refractivity contribution in [1.29, 1.82) is 0 Å². The average Bonchev–Trinajstić information content (AvgIpc) is 2.47. The zero-order chi connectivity index (χ0) is 14.4. The van der Waals surface area contributed by atoms with E-state index in [1.54, 1.807) is 4.90 Å². The normalized spacial score (nSPS) is 9.81. The molecule has 2 rings (SSSR count). The minimum atomic E-state index is 0. The van der Waals surface area contributed by atoms with E-state index in [2.05, 4.69) is 19.1 Å². The predicted molar refractivity (Wildman–Crippen MR) is 78.9 cm³/mol. The molecular weight excluding hydrogens is 328 g/mol. The van der Waals surface area contributed by atoms with E-state index in [0.717, 1.165) is 12.1 Å². The first-order valence-corrected chi connectivity index (χ1v) is 6.89. The second-order valence-corrected chi connectivity index (χ2v) is 5.10. The number of pyridine rings is 1. The monoisotopic (exact) mass is 348 g/mol. The van der Waals surface area contributed by atoms with E-state index in [0.29, 0.717) is 13.0 Å². The lowest BCUT2D eigenvalue weighted by atomic mass is 10.2. The highest BCUT2D eigenvalue weighted by Crippen LogP contribution is 2.04. The zero-order valence-electron chi connectivity index (χ0n) is 12.5. The molecule has 0 aliphatic rings. The average molecular weight is 349 g/mol. The summed E-state index contributed by atoms with van der Waals surface area (Å²) in [5.41, 5.74) is 2.39. The number of halogens is 1. The molecule has 0 radical (unpaired) electrons. The number of benzene rings is 1. The molecule has 1 heterocycles. The Bertz CT molecular complexity index is 555. The van der Waals surface area contributed by atoms with Crippen molar-refractivity contribution in [3.63, 3.8) is 0 Å². The van der Waals surface area contributed by atoms with Crippen molar-refractivity contribution < 1.29 is 26.3 Å². The first-order valence-electron chi connectivity index (χ1n) is 6.89. The van der Waals surface area contributed by atoms with E-state index in [9.17, 15) is 4.79 Å². The number of nitrogens with zero attached hydrogens (tertiary/aromatic N) is 2. The Morgan fingerprint density at radius 1 is 1.10 bits per heavy atom. The summed E-state index contributed by atoms with van der Waals surface area (Å²) >= 11 is 0. The molecule has 1 aromatic heterocycles. The van der Waals surface area contributed by atoms with Crippen LogP contribution in [0.15, 0.2) is 54.9 Å². The van der Waals surface area contributed by atoms with Gasteiger partial charge in [0.2, 0.25) is 5.91 Å². The summed E-state index contributed by atoms with van der Waals surface area (Å²) in [6.07, 6.45) is 4.55. The first-order chi connectivity index (χ1) is 9.65. The van der Waals surface area contributed by atoms with Gasteiger partial charge in [0.15, 0.2) is 18.9 Å². The fourth-order valence-corrected chi connectivity index (χ4v) is 2.04. The second-order valence-electron chi connectivity index (χ2n) is 5.10. The molecule has 0 spiro atoms. The molecule has 1 aromatic carbocycles. The van der Waals surface area contributed by atoms with Gasteiger partial charge in [-0.25, -0.2) is 4.57 Å². The Kier molecular flexibility index (Phi) is 7.09. The van der Waals surface area contributed by atoms with E-state index in [1.165, 1.54) is 5.56 Å². The number of rotatable bonds is 5. The van der Waals surface area contributed by atoms with Crippen molar-refractivity contribution in [3.8, 4) is 0 Å². The maximum atomic E-state index is 12.1. The fraction of sp³-hybridized carbons (Fsp3) is 0.294. The molecule has 1 amide bonds. The number of aryl methyl sites for hydroxylation is 2. The summed E-state index contributed by atoms with van der Waals surface area (Å²) in [6, 6.07) is 14.2. The Hall–Kier alpha value is -1.68.